The van der Waals surface area contributed by atoms with Crippen molar-refractivity contribution in [3.05, 3.63) is 70.3 Å². The van der Waals surface area contributed by atoms with E-state index in [1.807, 2.05) is 0 Å². The fraction of sp³-hybridized carbons (Fsp3) is 0.273. The van der Waals surface area contributed by atoms with Gasteiger partial charge in [-0.1, -0.05) is 6.07 Å². The van der Waals surface area contributed by atoms with Crippen LogP contribution in [-0.4, -0.2) is 36.7 Å². The van der Waals surface area contributed by atoms with Crippen LogP contribution in [0.2, 0.25) is 0 Å². The molecule has 3 aromatic rings. The molecule has 7 nitrogen and oxygen atoms in total. The lowest BCUT2D eigenvalue weighted by molar-refractivity contribution is -0.120. The van der Waals surface area contributed by atoms with E-state index >= 15 is 0 Å². The van der Waals surface area contributed by atoms with Crippen LogP contribution in [0.3, 0.4) is 0 Å². The minimum absolute atomic E-state index is 0.144. The first-order chi connectivity index (χ1) is 14.7. The Bertz CT molecular complexity index is 1310. The van der Waals surface area contributed by atoms with E-state index < -0.39 is 15.8 Å². The summed E-state index contributed by atoms with van der Waals surface area (Å²) in [6.07, 6.45) is 0.751. The summed E-state index contributed by atoms with van der Waals surface area (Å²) in [5.74, 6) is -0.981. The second kappa shape index (κ2) is 8.24. The Morgan fingerprint density at radius 2 is 1.84 bits per heavy atom. The van der Waals surface area contributed by atoms with Gasteiger partial charge in [-0.25, -0.2) is 12.8 Å². The molecule has 2 heterocycles. The third-order valence-corrected chi connectivity index (χ3v) is 7.49. The number of halogens is 1. The number of amides is 1. The molecule has 162 valence electrons. The minimum atomic E-state index is -3.72. The van der Waals surface area contributed by atoms with E-state index in [-0.39, 0.29) is 35.4 Å². The number of H-pyrrole nitrogens is 1. The summed E-state index contributed by atoms with van der Waals surface area (Å²) < 4.78 is 41.2. The first kappa shape index (κ1) is 21.2. The number of fused-ring (bicyclic) bond motifs is 1. The third kappa shape index (κ3) is 4.38. The molecule has 2 aromatic carbocycles. The van der Waals surface area contributed by atoms with Crippen molar-refractivity contribution >= 4 is 32.5 Å². The average molecular weight is 444 g/mol. The monoisotopic (exact) mass is 443 g/mol. The van der Waals surface area contributed by atoms with Gasteiger partial charge in [-0.05, 0) is 67.1 Å². The fourth-order valence-corrected chi connectivity index (χ4v) is 5.22. The average Bonchev–Trinajstić information content (AvgIpc) is 2.76. The zero-order valence-corrected chi connectivity index (χ0v) is 17.7. The van der Waals surface area contributed by atoms with Crippen LogP contribution in [0.1, 0.15) is 18.4 Å². The number of nitrogens with one attached hydrogen (secondary N) is 2. The molecular formula is C22H22FN3O4S. The number of hydrogen-bond donors (Lipinski definition) is 2. The van der Waals surface area contributed by atoms with E-state index in [4.69, 9.17) is 0 Å². The summed E-state index contributed by atoms with van der Waals surface area (Å²) in [7, 11) is -3.72. The molecule has 0 atom stereocenters. The summed E-state index contributed by atoms with van der Waals surface area (Å²) >= 11 is 0. The Hall–Kier alpha value is -3.04. The predicted molar refractivity (Wildman–Crippen MR) is 116 cm³/mol. The van der Waals surface area contributed by atoms with E-state index in [1.165, 1.54) is 28.6 Å². The van der Waals surface area contributed by atoms with Gasteiger partial charge in [0.15, 0.2) is 0 Å². The SMILES string of the molecule is Cc1ccc(NC(=O)C2CCN(S(=O)(=O)c3ccc4[nH]c(=O)ccc4c3)CC2)cc1F. The normalized spacial score (nSPS) is 15.8. The quantitative estimate of drug-likeness (QED) is 0.648. The molecule has 1 saturated heterocycles. The number of aromatic nitrogens is 1. The number of anilines is 1. The topological polar surface area (TPSA) is 99.3 Å². The first-order valence-electron chi connectivity index (χ1n) is 9.94. The lowest BCUT2D eigenvalue weighted by Gasteiger charge is -2.30. The number of piperidine rings is 1. The summed E-state index contributed by atoms with van der Waals surface area (Å²) in [6.45, 7) is 2.07. The summed E-state index contributed by atoms with van der Waals surface area (Å²) in [5.41, 5.74) is 1.19. The highest BCUT2D eigenvalue weighted by Crippen LogP contribution is 2.26. The highest BCUT2D eigenvalue weighted by Gasteiger charge is 2.32. The van der Waals surface area contributed by atoms with Gasteiger partial charge in [-0.15, -0.1) is 0 Å². The van der Waals surface area contributed by atoms with Gasteiger partial charge in [0.05, 0.1) is 4.90 Å². The van der Waals surface area contributed by atoms with E-state index in [2.05, 4.69) is 10.3 Å². The van der Waals surface area contributed by atoms with Gasteiger partial charge in [0.25, 0.3) is 0 Å². The molecule has 1 aliphatic rings. The molecule has 1 aliphatic heterocycles. The maximum absolute atomic E-state index is 13.7. The largest absolute Gasteiger partial charge is 0.326 e. The van der Waals surface area contributed by atoms with Crippen LogP contribution in [0.15, 0.2) is 58.2 Å². The number of pyridine rings is 1. The second-order valence-electron chi connectivity index (χ2n) is 7.70. The van der Waals surface area contributed by atoms with Crippen molar-refractivity contribution < 1.29 is 17.6 Å². The number of carbonyl (C=O) groups is 1. The van der Waals surface area contributed by atoms with Gasteiger partial charge < -0.3 is 10.3 Å². The molecule has 0 unspecified atom stereocenters. The van der Waals surface area contributed by atoms with Crippen molar-refractivity contribution in [1.82, 2.24) is 9.29 Å². The van der Waals surface area contributed by atoms with Crippen LogP contribution < -0.4 is 10.9 Å². The van der Waals surface area contributed by atoms with Crippen LogP contribution in [-0.2, 0) is 14.8 Å². The van der Waals surface area contributed by atoms with Gasteiger partial charge in [0, 0.05) is 36.3 Å². The molecule has 4 rings (SSSR count). The number of sulfonamides is 1. The number of hydrogen-bond acceptors (Lipinski definition) is 4. The Morgan fingerprint density at radius 3 is 2.55 bits per heavy atom. The predicted octanol–water partition coefficient (Wildman–Crippen LogP) is 3.02. The molecule has 0 aliphatic carbocycles. The number of aromatic amines is 1. The molecule has 0 saturated carbocycles. The van der Waals surface area contributed by atoms with Crippen molar-refractivity contribution in [2.24, 2.45) is 5.92 Å². The standard InChI is InChI=1S/C22H22FN3O4S/c1-14-2-4-17(13-19(14)23)24-22(28)15-8-10-26(11-9-15)31(29,30)18-5-6-20-16(12-18)3-7-21(27)25-20/h2-7,12-13,15H,8-11H2,1H3,(H,24,28)(H,25,27). The summed E-state index contributed by atoms with van der Waals surface area (Å²) in [6, 6.07) is 12.0. The zero-order chi connectivity index (χ0) is 22.2. The zero-order valence-electron chi connectivity index (χ0n) is 16.9. The highest BCUT2D eigenvalue weighted by atomic mass is 32.2. The van der Waals surface area contributed by atoms with Crippen LogP contribution >= 0.6 is 0 Å². The second-order valence-corrected chi connectivity index (χ2v) is 9.64. The van der Waals surface area contributed by atoms with Crippen LogP contribution in [0, 0.1) is 18.7 Å². The fourth-order valence-electron chi connectivity index (χ4n) is 3.72. The third-order valence-electron chi connectivity index (χ3n) is 5.60. The summed E-state index contributed by atoms with van der Waals surface area (Å²) in [4.78, 5) is 26.7. The van der Waals surface area contributed by atoms with Gasteiger partial charge in [0.1, 0.15) is 5.82 Å². The van der Waals surface area contributed by atoms with Crippen LogP contribution in [0.25, 0.3) is 10.9 Å². The lowest BCUT2D eigenvalue weighted by Crippen LogP contribution is -2.41. The van der Waals surface area contributed by atoms with Crippen molar-refractivity contribution in [3.8, 4) is 0 Å². The molecule has 31 heavy (non-hydrogen) atoms. The van der Waals surface area contributed by atoms with Crippen LogP contribution in [0.5, 0.6) is 0 Å². The molecular weight excluding hydrogens is 421 g/mol. The maximum atomic E-state index is 13.7. The van der Waals surface area contributed by atoms with Gasteiger partial charge in [0.2, 0.25) is 21.5 Å². The molecule has 0 radical (unpaired) electrons. The van der Waals surface area contributed by atoms with Crippen molar-refractivity contribution in [2.45, 2.75) is 24.7 Å². The lowest BCUT2D eigenvalue weighted by atomic mass is 9.97. The molecule has 1 fully saturated rings. The smallest absolute Gasteiger partial charge is 0.248 e. The Balaban J connectivity index is 1.43. The van der Waals surface area contributed by atoms with Crippen molar-refractivity contribution in [2.75, 3.05) is 18.4 Å². The summed E-state index contributed by atoms with van der Waals surface area (Å²) in [5, 5.41) is 3.34. The molecule has 1 aromatic heterocycles. The Kier molecular flexibility index (Phi) is 5.63. The number of rotatable bonds is 4. The van der Waals surface area contributed by atoms with E-state index in [1.54, 1.807) is 31.2 Å². The molecule has 9 heteroatoms. The Morgan fingerprint density at radius 1 is 1.10 bits per heavy atom. The Labute approximate surface area is 178 Å². The van der Waals surface area contributed by atoms with Gasteiger partial charge in [-0.2, -0.15) is 4.31 Å². The number of carbonyl (C=O) groups excluding carboxylic acids is 1. The minimum Gasteiger partial charge on any atom is -0.326 e. The molecule has 0 spiro atoms. The van der Waals surface area contributed by atoms with Crippen molar-refractivity contribution in [1.29, 1.82) is 0 Å². The highest BCUT2D eigenvalue weighted by molar-refractivity contribution is 7.89. The van der Waals surface area contributed by atoms with Crippen molar-refractivity contribution in [3.63, 3.8) is 0 Å². The molecule has 0 bridgehead atoms. The number of aryl methyl sites for hydroxylation is 1. The van der Waals surface area contributed by atoms with Crippen LogP contribution in [0.4, 0.5) is 10.1 Å². The van der Waals surface area contributed by atoms with E-state index in [0.717, 1.165) is 0 Å². The van der Waals surface area contributed by atoms with E-state index in [9.17, 15) is 22.4 Å². The maximum Gasteiger partial charge on any atom is 0.248 e. The van der Waals surface area contributed by atoms with Gasteiger partial charge >= 0.3 is 0 Å². The first-order valence-corrected chi connectivity index (χ1v) is 11.4. The van der Waals surface area contributed by atoms with E-state index in [0.29, 0.717) is 35.0 Å². The molecule has 1 amide bonds. The van der Waals surface area contributed by atoms with Gasteiger partial charge in [-0.3, -0.25) is 9.59 Å². The molecule has 2 N–H and O–H groups in total. The number of nitrogens with zero attached hydrogens (tertiary/aromatic N) is 1. The number of benzene rings is 2.